The number of ether oxygens (including phenoxy) is 1. The quantitative estimate of drug-likeness (QED) is 0.712. The number of aryl methyl sites for hydroxylation is 1. The van der Waals surface area contributed by atoms with Crippen LogP contribution in [0.5, 0.6) is 0 Å². The van der Waals surface area contributed by atoms with Gasteiger partial charge >= 0.3 is 6.09 Å². The van der Waals surface area contributed by atoms with Crippen molar-refractivity contribution in [2.45, 2.75) is 19.9 Å². The highest BCUT2D eigenvalue weighted by Crippen LogP contribution is 2.16. The monoisotopic (exact) mass is 375 g/mol. The molecule has 3 aromatic rings. The van der Waals surface area contributed by atoms with Crippen molar-refractivity contribution in [1.29, 1.82) is 0 Å². The molecule has 1 aliphatic rings. The molecule has 0 bridgehead atoms. The average Bonchev–Trinajstić information content (AvgIpc) is 3.14. The minimum Gasteiger partial charge on any atom is -0.447 e. The van der Waals surface area contributed by atoms with Crippen LogP contribution >= 0.6 is 0 Å². The van der Waals surface area contributed by atoms with E-state index in [1.807, 2.05) is 6.07 Å². The van der Waals surface area contributed by atoms with Crippen molar-refractivity contribution in [2.24, 2.45) is 0 Å². The molecule has 0 aliphatic carbocycles. The van der Waals surface area contributed by atoms with E-state index in [4.69, 9.17) is 4.74 Å². The Kier molecular flexibility index (Phi) is 5.14. The first-order valence-corrected chi connectivity index (χ1v) is 9.20. The van der Waals surface area contributed by atoms with E-state index in [-0.39, 0.29) is 0 Å². The number of carbonyl (C=O) groups excluding carboxylic acids is 1. The molecule has 2 aromatic carbocycles. The van der Waals surface area contributed by atoms with E-state index in [1.165, 1.54) is 16.0 Å². The van der Waals surface area contributed by atoms with Gasteiger partial charge in [-0.2, -0.15) is 15.0 Å². The molecule has 7 nitrogen and oxygen atoms in total. The molecule has 1 aromatic heterocycles. The molecule has 1 aliphatic heterocycles. The highest BCUT2D eigenvalue weighted by Gasteiger charge is 2.26. The third-order valence-electron chi connectivity index (χ3n) is 4.46. The van der Waals surface area contributed by atoms with Gasteiger partial charge in [0.2, 0.25) is 11.9 Å². The van der Waals surface area contributed by atoms with Crippen LogP contribution in [-0.4, -0.2) is 34.2 Å². The Balaban J connectivity index is 1.40. The molecule has 7 heteroatoms. The fourth-order valence-electron chi connectivity index (χ4n) is 3.03. The number of hydrogen-bond acceptors (Lipinski definition) is 6. The second-order valence-electron chi connectivity index (χ2n) is 6.60. The van der Waals surface area contributed by atoms with Gasteiger partial charge in [-0.3, -0.25) is 0 Å². The maximum atomic E-state index is 11.7. The Hall–Kier alpha value is -3.48. The normalized spacial score (nSPS) is 13.5. The van der Waals surface area contributed by atoms with E-state index < -0.39 is 6.09 Å². The van der Waals surface area contributed by atoms with E-state index in [0.717, 1.165) is 12.0 Å². The van der Waals surface area contributed by atoms with Gasteiger partial charge in [0, 0.05) is 6.54 Å². The lowest BCUT2D eigenvalue weighted by molar-refractivity contribution is 0.181. The van der Waals surface area contributed by atoms with Crippen molar-refractivity contribution < 1.29 is 9.53 Å². The maximum Gasteiger partial charge on any atom is 0.416 e. The number of aromatic nitrogens is 3. The summed E-state index contributed by atoms with van der Waals surface area (Å²) < 4.78 is 4.95. The predicted octanol–water partition coefficient (Wildman–Crippen LogP) is 3.34. The van der Waals surface area contributed by atoms with Crippen molar-refractivity contribution in [3.63, 3.8) is 0 Å². The molecule has 2 heterocycles. The van der Waals surface area contributed by atoms with Gasteiger partial charge in [0.15, 0.2) is 0 Å². The summed E-state index contributed by atoms with van der Waals surface area (Å²) in [5.41, 5.74) is 3.68. The standard InChI is InChI=1S/C21H21N5O2/c1-15-23-19(25-20(24-15)26-11-12-28-21(26)27)22-14-18-9-7-17(8-10-18)13-16-5-3-2-4-6-16/h2-10H,11-14H2,1H3,(H,22,23,24,25). The zero-order valence-corrected chi connectivity index (χ0v) is 15.6. The number of benzene rings is 2. The zero-order chi connectivity index (χ0) is 19.3. The van der Waals surface area contributed by atoms with Crippen LogP contribution in [0.3, 0.4) is 0 Å². The topological polar surface area (TPSA) is 80.2 Å². The molecule has 0 atom stereocenters. The van der Waals surface area contributed by atoms with Crippen molar-refractivity contribution in [3.8, 4) is 0 Å². The van der Waals surface area contributed by atoms with E-state index in [2.05, 4.69) is 68.8 Å². The molecular formula is C21H21N5O2. The molecule has 1 N–H and O–H groups in total. The van der Waals surface area contributed by atoms with Crippen LogP contribution in [-0.2, 0) is 17.7 Å². The molecule has 4 rings (SSSR count). The smallest absolute Gasteiger partial charge is 0.416 e. The van der Waals surface area contributed by atoms with Gasteiger partial charge in [-0.05, 0) is 30.0 Å². The summed E-state index contributed by atoms with van der Waals surface area (Å²) in [4.78, 5) is 26.0. The Labute approximate surface area is 163 Å². The molecule has 1 fully saturated rings. The lowest BCUT2D eigenvalue weighted by atomic mass is 10.0. The maximum absolute atomic E-state index is 11.7. The van der Waals surface area contributed by atoms with Crippen molar-refractivity contribution >= 4 is 18.0 Å². The summed E-state index contributed by atoms with van der Waals surface area (Å²) in [7, 11) is 0. The van der Waals surface area contributed by atoms with E-state index >= 15 is 0 Å². The molecular weight excluding hydrogens is 354 g/mol. The van der Waals surface area contributed by atoms with Crippen LogP contribution in [0.2, 0.25) is 0 Å². The van der Waals surface area contributed by atoms with Crippen LogP contribution in [0.1, 0.15) is 22.5 Å². The summed E-state index contributed by atoms with van der Waals surface area (Å²) in [5, 5.41) is 3.21. The highest BCUT2D eigenvalue weighted by molar-refractivity contribution is 5.87. The average molecular weight is 375 g/mol. The summed E-state index contributed by atoms with van der Waals surface area (Å²) in [6, 6.07) is 18.9. The Morgan fingerprint density at radius 3 is 2.39 bits per heavy atom. The van der Waals surface area contributed by atoms with E-state index in [0.29, 0.717) is 37.4 Å². The second kappa shape index (κ2) is 8.04. The number of hydrogen-bond donors (Lipinski definition) is 1. The van der Waals surface area contributed by atoms with Crippen molar-refractivity contribution in [1.82, 2.24) is 15.0 Å². The number of cyclic esters (lactones) is 1. The number of nitrogens with zero attached hydrogens (tertiary/aromatic N) is 4. The first-order valence-electron chi connectivity index (χ1n) is 9.20. The molecule has 1 saturated heterocycles. The van der Waals surface area contributed by atoms with Gasteiger partial charge in [0.05, 0.1) is 6.54 Å². The fraction of sp³-hybridized carbons (Fsp3) is 0.238. The number of anilines is 2. The largest absolute Gasteiger partial charge is 0.447 e. The van der Waals surface area contributed by atoms with Crippen molar-refractivity contribution in [2.75, 3.05) is 23.4 Å². The Morgan fingerprint density at radius 1 is 0.964 bits per heavy atom. The second-order valence-corrected chi connectivity index (χ2v) is 6.60. The molecule has 0 unspecified atom stereocenters. The Bertz CT molecular complexity index is 960. The van der Waals surface area contributed by atoms with Gasteiger partial charge < -0.3 is 10.1 Å². The molecule has 0 spiro atoms. The fourth-order valence-corrected chi connectivity index (χ4v) is 3.03. The third kappa shape index (κ3) is 4.25. The summed E-state index contributed by atoms with van der Waals surface area (Å²) in [6.07, 6.45) is 0.488. The zero-order valence-electron chi connectivity index (χ0n) is 15.6. The third-order valence-corrected chi connectivity index (χ3v) is 4.46. The summed E-state index contributed by atoms with van der Waals surface area (Å²) in [5.74, 6) is 1.30. The van der Waals surface area contributed by atoms with Gasteiger partial charge in [-0.1, -0.05) is 54.6 Å². The molecule has 0 saturated carbocycles. The number of rotatable bonds is 6. The van der Waals surface area contributed by atoms with Crippen LogP contribution in [0.15, 0.2) is 54.6 Å². The first-order chi connectivity index (χ1) is 13.7. The van der Waals surface area contributed by atoms with Crippen LogP contribution in [0.25, 0.3) is 0 Å². The highest BCUT2D eigenvalue weighted by atomic mass is 16.6. The lowest BCUT2D eigenvalue weighted by Crippen LogP contribution is -2.26. The van der Waals surface area contributed by atoms with Gasteiger partial charge in [0.25, 0.3) is 0 Å². The minimum absolute atomic E-state index is 0.315. The predicted molar refractivity (Wildman–Crippen MR) is 106 cm³/mol. The number of amides is 1. The van der Waals surface area contributed by atoms with E-state index in [9.17, 15) is 4.79 Å². The molecule has 142 valence electrons. The molecule has 0 radical (unpaired) electrons. The molecule has 1 amide bonds. The van der Waals surface area contributed by atoms with Gasteiger partial charge in [0.1, 0.15) is 12.4 Å². The SMILES string of the molecule is Cc1nc(NCc2ccc(Cc3ccccc3)cc2)nc(N2CCOC2=O)n1. The van der Waals surface area contributed by atoms with Gasteiger partial charge in [-0.25, -0.2) is 9.69 Å². The molecule has 28 heavy (non-hydrogen) atoms. The summed E-state index contributed by atoms with van der Waals surface area (Å²) in [6.45, 7) is 3.15. The van der Waals surface area contributed by atoms with Gasteiger partial charge in [-0.15, -0.1) is 0 Å². The first kappa shape index (κ1) is 17.9. The van der Waals surface area contributed by atoms with E-state index in [1.54, 1.807) is 6.92 Å². The van der Waals surface area contributed by atoms with Crippen molar-refractivity contribution in [3.05, 3.63) is 77.1 Å². The minimum atomic E-state index is -0.425. The van der Waals surface area contributed by atoms with Crippen LogP contribution in [0.4, 0.5) is 16.7 Å². The Morgan fingerprint density at radius 2 is 1.68 bits per heavy atom. The number of carbonyl (C=O) groups is 1. The lowest BCUT2D eigenvalue weighted by Gasteiger charge is -2.12. The van der Waals surface area contributed by atoms with Crippen LogP contribution < -0.4 is 10.2 Å². The summed E-state index contributed by atoms with van der Waals surface area (Å²) >= 11 is 0. The number of nitrogens with one attached hydrogen (secondary N) is 1. The van der Waals surface area contributed by atoms with Crippen LogP contribution in [0, 0.1) is 6.92 Å².